The maximum atomic E-state index is 11.9. The van der Waals surface area contributed by atoms with Gasteiger partial charge in [-0.05, 0) is 115 Å². The molecule has 326 valence electrons. The van der Waals surface area contributed by atoms with E-state index in [1.165, 1.54) is 38.5 Å². The van der Waals surface area contributed by atoms with Crippen molar-refractivity contribution in [3.05, 3.63) is 0 Å². The molecular formula is C51H92O5. The van der Waals surface area contributed by atoms with Crippen molar-refractivity contribution in [1.29, 1.82) is 0 Å². The number of carbonyl (C=O) groups excluding carboxylic acids is 5. The quantitative estimate of drug-likeness (QED) is 0.175. The Morgan fingerprint density at radius 1 is 0.375 bits per heavy atom. The van der Waals surface area contributed by atoms with Gasteiger partial charge in [0.1, 0.15) is 28.9 Å². The van der Waals surface area contributed by atoms with E-state index in [0.29, 0.717) is 99.9 Å². The van der Waals surface area contributed by atoms with Crippen LogP contribution in [-0.2, 0) is 24.0 Å². The van der Waals surface area contributed by atoms with Crippen LogP contribution in [0.5, 0.6) is 0 Å². The Bertz CT molecular complexity index is 1060. The van der Waals surface area contributed by atoms with Gasteiger partial charge in [-0.15, -0.1) is 0 Å². The van der Waals surface area contributed by atoms with Crippen LogP contribution < -0.4 is 0 Å². The maximum absolute atomic E-state index is 11.9. The van der Waals surface area contributed by atoms with Crippen molar-refractivity contribution in [3.63, 3.8) is 0 Å². The van der Waals surface area contributed by atoms with Gasteiger partial charge in [0.2, 0.25) is 0 Å². The lowest BCUT2D eigenvalue weighted by Crippen LogP contribution is -2.21. The lowest BCUT2D eigenvalue weighted by Gasteiger charge is -2.15. The predicted octanol–water partition coefficient (Wildman–Crippen LogP) is 14.1. The normalized spacial score (nSPS) is 31.1. The minimum atomic E-state index is 0.352. The van der Waals surface area contributed by atoms with Crippen LogP contribution in [0.25, 0.3) is 0 Å². The second kappa shape index (κ2) is 28.7. The zero-order valence-corrected chi connectivity index (χ0v) is 39.0. The molecule has 0 aromatic carbocycles. The minimum Gasteiger partial charge on any atom is -0.299 e. The van der Waals surface area contributed by atoms with Crippen molar-refractivity contribution in [2.75, 3.05) is 0 Å². The van der Waals surface area contributed by atoms with Crippen molar-refractivity contribution < 1.29 is 24.0 Å². The Balaban J connectivity index is 0.000000354. The molecule has 5 heteroatoms. The molecule has 10 atom stereocenters. The number of ketones is 5. The highest BCUT2D eigenvalue weighted by molar-refractivity contribution is 5.87. The topological polar surface area (TPSA) is 85.3 Å². The summed E-state index contributed by atoms with van der Waals surface area (Å²) in [4.78, 5) is 57.7. The van der Waals surface area contributed by atoms with Crippen LogP contribution in [0, 0.1) is 71.0 Å². The summed E-state index contributed by atoms with van der Waals surface area (Å²) in [6, 6.07) is 0. The molecule has 0 saturated heterocycles. The molecule has 0 aromatic heterocycles. The van der Waals surface area contributed by atoms with E-state index < -0.39 is 0 Å². The minimum absolute atomic E-state index is 0.352. The Morgan fingerprint density at radius 2 is 0.679 bits per heavy atom. The van der Waals surface area contributed by atoms with Crippen LogP contribution in [0.1, 0.15) is 224 Å². The van der Waals surface area contributed by atoms with E-state index >= 15 is 0 Å². The molecule has 0 aromatic rings. The van der Waals surface area contributed by atoms with Crippen molar-refractivity contribution >= 4 is 28.9 Å². The predicted molar refractivity (Wildman–Crippen MR) is 237 cm³/mol. The fraction of sp³-hybridized carbons (Fsp3) is 0.902. The Kier molecular flexibility index (Phi) is 26.9. The van der Waals surface area contributed by atoms with Crippen molar-refractivity contribution in [3.8, 4) is 0 Å². The fourth-order valence-corrected chi connectivity index (χ4v) is 10.1. The number of carbonyl (C=O) groups is 5. The smallest absolute Gasteiger partial charge is 0.139 e. The van der Waals surface area contributed by atoms with E-state index in [1.807, 2.05) is 13.8 Å². The lowest BCUT2D eigenvalue weighted by molar-refractivity contribution is -0.126. The molecule has 0 spiro atoms. The van der Waals surface area contributed by atoms with Crippen LogP contribution >= 0.6 is 0 Å². The number of hydrogen-bond acceptors (Lipinski definition) is 5. The van der Waals surface area contributed by atoms with E-state index in [1.54, 1.807) is 0 Å². The zero-order valence-electron chi connectivity index (χ0n) is 39.0. The van der Waals surface area contributed by atoms with Gasteiger partial charge in [-0.1, -0.05) is 122 Å². The van der Waals surface area contributed by atoms with Crippen LogP contribution in [0.3, 0.4) is 0 Å². The van der Waals surface area contributed by atoms with Crippen molar-refractivity contribution in [2.24, 2.45) is 71.0 Å². The summed E-state index contributed by atoms with van der Waals surface area (Å²) < 4.78 is 0. The van der Waals surface area contributed by atoms with Gasteiger partial charge in [-0.2, -0.15) is 0 Å². The second-order valence-corrected chi connectivity index (χ2v) is 19.3. The molecule has 0 N–H and O–H groups in total. The summed E-state index contributed by atoms with van der Waals surface area (Å²) in [5.74, 6) is 7.70. The monoisotopic (exact) mass is 785 g/mol. The van der Waals surface area contributed by atoms with E-state index in [2.05, 4.69) is 69.2 Å². The highest BCUT2D eigenvalue weighted by atomic mass is 16.1. The summed E-state index contributed by atoms with van der Waals surface area (Å²) in [6.45, 7) is 25.6. The van der Waals surface area contributed by atoms with Crippen LogP contribution in [0.4, 0.5) is 0 Å². The molecule has 0 radical (unpaired) electrons. The highest BCUT2D eigenvalue weighted by Gasteiger charge is 2.37. The molecule has 10 unspecified atom stereocenters. The third-order valence-electron chi connectivity index (χ3n) is 14.2. The summed E-state index contributed by atoms with van der Waals surface area (Å²) in [7, 11) is 0. The van der Waals surface area contributed by atoms with Crippen molar-refractivity contribution in [2.45, 2.75) is 224 Å². The molecular weight excluding hydrogens is 693 g/mol. The molecule has 0 amide bonds. The van der Waals surface area contributed by atoms with Gasteiger partial charge in [0.05, 0.1) is 0 Å². The largest absolute Gasteiger partial charge is 0.299 e. The SMILES string of the molecule is CC(C)C1CCC(C(C)C)C1=O.CC1CCC(C)C1=O.CCC1CCC(CC)C1=O.CCCC1CCC(CCC)C1=O.CCCCC1CCC(CCCC)C1=O. The number of hydrogen-bond donors (Lipinski definition) is 0. The average Bonchev–Trinajstić information content (AvgIpc) is 3.99. The second-order valence-electron chi connectivity index (χ2n) is 19.3. The molecule has 5 aliphatic rings. The van der Waals surface area contributed by atoms with Gasteiger partial charge in [0.15, 0.2) is 0 Å². The van der Waals surface area contributed by atoms with E-state index in [0.717, 1.165) is 103 Å². The number of unbranched alkanes of at least 4 members (excludes halogenated alkanes) is 2. The van der Waals surface area contributed by atoms with Gasteiger partial charge in [-0.25, -0.2) is 0 Å². The molecule has 5 rings (SSSR count). The zero-order chi connectivity index (χ0) is 42.4. The van der Waals surface area contributed by atoms with E-state index in [4.69, 9.17) is 0 Å². The van der Waals surface area contributed by atoms with Gasteiger partial charge in [0.25, 0.3) is 0 Å². The summed E-state index contributed by atoms with van der Waals surface area (Å²) in [5.41, 5.74) is 0. The third kappa shape index (κ3) is 17.3. The average molecular weight is 785 g/mol. The molecule has 5 fully saturated rings. The lowest BCUT2D eigenvalue weighted by atomic mass is 9.88. The maximum Gasteiger partial charge on any atom is 0.139 e. The number of Topliss-reactive ketones (excluding diaryl/α,β-unsaturated/α-hetero) is 5. The standard InChI is InChI=1S/C13H24O.2C11H20O.C9H16O.C7H12O/c1-3-5-7-11-9-10-12(13(11)14)8-6-4-2;1-7(2)9-5-6-10(8(3)4)11(9)12;1-3-5-9-7-8-10(6-4-2)11(9)12;1-3-7-5-6-8(4-2)9(7)10;1-5-3-4-6(2)7(5)8/h11-12H,3-10H2,1-2H3;7-10H,5-6H2,1-4H3;9-10H,3-8H2,1-2H3;7-8H,3-6H2,1-2H3;5-6H,3-4H2,1-2H3. The highest BCUT2D eigenvalue weighted by Crippen LogP contribution is 2.37. The van der Waals surface area contributed by atoms with Crippen molar-refractivity contribution in [1.82, 2.24) is 0 Å². The van der Waals surface area contributed by atoms with E-state index in [-0.39, 0.29) is 0 Å². The van der Waals surface area contributed by atoms with Crippen LogP contribution in [0.15, 0.2) is 0 Å². The van der Waals surface area contributed by atoms with Gasteiger partial charge in [-0.3, -0.25) is 24.0 Å². The molecule has 56 heavy (non-hydrogen) atoms. The summed E-state index contributed by atoms with van der Waals surface area (Å²) in [5, 5.41) is 0. The molecule has 5 saturated carbocycles. The Hall–Kier alpha value is -1.65. The van der Waals surface area contributed by atoms with E-state index in [9.17, 15) is 24.0 Å². The number of rotatable bonds is 14. The first-order chi connectivity index (χ1) is 26.6. The van der Waals surface area contributed by atoms with Crippen LogP contribution in [0.2, 0.25) is 0 Å². The first-order valence-corrected chi connectivity index (χ1v) is 24.3. The summed E-state index contributed by atoms with van der Waals surface area (Å²) in [6.07, 6.45) is 25.3. The van der Waals surface area contributed by atoms with Gasteiger partial charge < -0.3 is 0 Å². The molecule has 5 aliphatic carbocycles. The molecule has 5 nitrogen and oxygen atoms in total. The Labute approximate surface area is 347 Å². The Morgan fingerprint density at radius 3 is 0.893 bits per heavy atom. The third-order valence-corrected chi connectivity index (χ3v) is 14.2. The first kappa shape index (κ1) is 52.4. The van der Waals surface area contributed by atoms with Gasteiger partial charge >= 0.3 is 0 Å². The van der Waals surface area contributed by atoms with Crippen LogP contribution in [-0.4, -0.2) is 28.9 Å². The fourth-order valence-electron chi connectivity index (χ4n) is 10.1. The molecule has 0 aliphatic heterocycles. The summed E-state index contributed by atoms with van der Waals surface area (Å²) >= 11 is 0. The molecule has 0 heterocycles. The first-order valence-electron chi connectivity index (χ1n) is 24.3. The van der Waals surface area contributed by atoms with Gasteiger partial charge in [0, 0.05) is 59.2 Å². The molecule has 0 bridgehead atoms.